The third-order valence-electron chi connectivity index (χ3n) is 4.65. The van der Waals surface area contributed by atoms with E-state index in [1.807, 2.05) is 24.5 Å². The molecule has 2 aromatic carbocycles. The topological polar surface area (TPSA) is 46.2 Å². The van der Waals surface area contributed by atoms with E-state index in [-0.39, 0.29) is 11.9 Å². The highest BCUT2D eigenvalue weighted by Crippen LogP contribution is 2.34. The van der Waals surface area contributed by atoms with Gasteiger partial charge in [0.1, 0.15) is 18.2 Å². The second-order valence-corrected chi connectivity index (χ2v) is 6.38. The Kier molecular flexibility index (Phi) is 4.91. The van der Waals surface area contributed by atoms with Gasteiger partial charge >= 0.3 is 0 Å². The monoisotopic (exact) mass is 349 g/mol. The molecular formula is C21H20FN3O. The van der Waals surface area contributed by atoms with Gasteiger partial charge < -0.3 is 4.74 Å². The first-order valence-electron chi connectivity index (χ1n) is 8.65. The highest BCUT2D eigenvalue weighted by molar-refractivity contribution is 5.34. The first kappa shape index (κ1) is 16.7. The number of ether oxygens (including phenoxy) is 1. The number of pyridine rings is 1. The maximum atomic E-state index is 13.0. The standard InChI is InChI=1S/C21H20FN3O/c22-18-6-4-15(5-7-18)14-26-19-3-1-2-17(12-19)21-20(13-24-25-21)16-8-10-23-11-9-16/h1-12,20-21,24-25H,13-14H2. The van der Waals surface area contributed by atoms with Gasteiger partial charge in [-0.2, -0.15) is 0 Å². The van der Waals surface area contributed by atoms with E-state index < -0.39 is 0 Å². The number of hydrogen-bond acceptors (Lipinski definition) is 4. The van der Waals surface area contributed by atoms with Crippen LogP contribution in [0.4, 0.5) is 4.39 Å². The van der Waals surface area contributed by atoms with Gasteiger partial charge in [-0.1, -0.05) is 24.3 Å². The molecule has 1 aliphatic rings. The first-order chi connectivity index (χ1) is 12.8. The molecule has 1 aliphatic heterocycles. The van der Waals surface area contributed by atoms with Crippen LogP contribution in [-0.4, -0.2) is 11.5 Å². The Balaban J connectivity index is 1.49. The second-order valence-electron chi connectivity index (χ2n) is 6.38. The molecule has 0 bridgehead atoms. The normalized spacial score (nSPS) is 19.4. The minimum absolute atomic E-state index is 0.159. The van der Waals surface area contributed by atoms with Gasteiger partial charge in [-0.25, -0.2) is 9.82 Å². The number of aromatic nitrogens is 1. The van der Waals surface area contributed by atoms with Crippen molar-refractivity contribution in [2.75, 3.05) is 6.54 Å². The molecular weight excluding hydrogens is 329 g/mol. The SMILES string of the molecule is Fc1ccc(COc2cccc(C3NNCC3c3ccncc3)c2)cc1. The summed E-state index contributed by atoms with van der Waals surface area (Å²) in [5, 5.41) is 0. The summed E-state index contributed by atoms with van der Waals surface area (Å²) in [6.07, 6.45) is 3.65. The highest BCUT2D eigenvalue weighted by Gasteiger charge is 2.29. The first-order valence-corrected chi connectivity index (χ1v) is 8.65. The zero-order valence-corrected chi connectivity index (χ0v) is 14.2. The summed E-state index contributed by atoms with van der Waals surface area (Å²) in [5.41, 5.74) is 9.96. The number of benzene rings is 2. The number of rotatable bonds is 5. The average molecular weight is 349 g/mol. The van der Waals surface area contributed by atoms with Gasteiger partial charge in [0, 0.05) is 24.9 Å². The fourth-order valence-corrected chi connectivity index (χ4v) is 3.28. The molecule has 0 saturated carbocycles. The molecule has 0 amide bonds. The molecule has 1 saturated heterocycles. The van der Waals surface area contributed by atoms with Crippen molar-refractivity contribution < 1.29 is 9.13 Å². The summed E-state index contributed by atoms with van der Waals surface area (Å²) in [4.78, 5) is 4.10. The number of hydrogen-bond donors (Lipinski definition) is 2. The molecule has 2 unspecified atom stereocenters. The summed E-state index contributed by atoms with van der Waals surface area (Å²) < 4.78 is 18.9. The Morgan fingerprint density at radius 2 is 1.81 bits per heavy atom. The van der Waals surface area contributed by atoms with Crippen LogP contribution in [0.15, 0.2) is 73.1 Å². The number of hydrazine groups is 1. The van der Waals surface area contributed by atoms with Crippen LogP contribution in [0.3, 0.4) is 0 Å². The van der Waals surface area contributed by atoms with Crippen LogP contribution in [0.2, 0.25) is 0 Å². The minimum Gasteiger partial charge on any atom is -0.489 e. The summed E-state index contributed by atoms with van der Waals surface area (Å²) >= 11 is 0. The Morgan fingerprint density at radius 1 is 1.00 bits per heavy atom. The Hall–Kier alpha value is -2.76. The van der Waals surface area contributed by atoms with E-state index in [4.69, 9.17) is 4.74 Å². The van der Waals surface area contributed by atoms with E-state index >= 15 is 0 Å². The van der Waals surface area contributed by atoms with E-state index in [1.165, 1.54) is 17.7 Å². The molecule has 5 heteroatoms. The Labute approximate surface area is 152 Å². The lowest BCUT2D eigenvalue weighted by atomic mass is 9.89. The van der Waals surface area contributed by atoms with Gasteiger partial charge in [-0.3, -0.25) is 10.4 Å². The van der Waals surface area contributed by atoms with Gasteiger partial charge in [0.15, 0.2) is 0 Å². The predicted molar refractivity (Wildman–Crippen MR) is 98.0 cm³/mol. The smallest absolute Gasteiger partial charge is 0.123 e. The van der Waals surface area contributed by atoms with E-state index in [1.54, 1.807) is 12.1 Å². The Bertz CT molecular complexity index is 855. The molecule has 0 radical (unpaired) electrons. The number of nitrogens with one attached hydrogen (secondary N) is 2. The van der Waals surface area contributed by atoms with Gasteiger partial charge in [0.25, 0.3) is 0 Å². The molecule has 4 nitrogen and oxygen atoms in total. The van der Waals surface area contributed by atoms with E-state index in [0.29, 0.717) is 12.5 Å². The summed E-state index contributed by atoms with van der Waals surface area (Å²) in [6, 6.07) is 18.7. The summed E-state index contributed by atoms with van der Waals surface area (Å²) in [5.74, 6) is 0.886. The largest absolute Gasteiger partial charge is 0.489 e. The minimum atomic E-state index is -0.238. The van der Waals surface area contributed by atoms with Crippen molar-refractivity contribution in [3.8, 4) is 5.75 Å². The average Bonchev–Trinajstić information content (AvgIpc) is 3.18. The van der Waals surface area contributed by atoms with Crippen LogP contribution in [0.5, 0.6) is 5.75 Å². The molecule has 0 spiro atoms. The van der Waals surface area contributed by atoms with Gasteiger partial charge in [0.05, 0.1) is 6.04 Å². The van der Waals surface area contributed by atoms with Crippen LogP contribution in [0.1, 0.15) is 28.7 Å². The fourth-order valence-electron chi connectivity index (χ4n) is 3.28. The van der Waals surface area contributed by atoms with Crippen molar-refractivity contribution in [1.29, 1.82) is 0 Å². The van der Waals surface area contributed by atoms with Gasteiger partial charge in [-0.05, 0) is 53.1 Å². The highest BCUT2D eigenvalue weighted by atomic mass is 19.1. The molecule has 0 aliphatic carbocycles. The fraction of sp³-hybridized carbons (Fsp3) is 0.190. The third-order valence-corrected chi connectivity index (χ3v) is 4.65. The number of halogens is 1. The Morgan fingerprint density at radius 3 is 2.62 bits per heavy atom. The quantitative estimate of drug-likeness (QED) is 0.737. The lowest BCUT2D eigenvalue weighted by Gasteiger charge is -2.20. The number of nitrogens with zero attached hydrogens (tertiary/aromatic N) is 1. The molecule has 2 heterocycles. The third kappa shape index (κ3) is 3.74. The van der Waals surface area contributed by atoms with E-state index in [0.717, 1.165) is 23.4 Å². The zero-order chi connectivity index (χ0) is 17.8. The lowest BCUT2D eigenvalue weighted by molar-refractivity contribution is 0.305. The molecule has 2 atom stereocenters. The van der Waals surface area contributed by atoms with Crippen LogP contribution < -0.4 is 15.6 Å². The van der Waals surface area contributed by atoms with Crippen LogP contribution in [0, 0.1) is 5.82 Å². The van der Waals surface area contributed by atoms with Crippen LogP contribution in [0.25, 0.3) is 0 Å². The van der Waals surface area contributed by atoms with Gasteiger partial charge in [0.2, 0.25) is 0 Å². The summed E-state index contributed by atoms with van der Waals surface area (Å²) in [7, 11) is 0. The maximum Gasteiger partial charge on any atom is 0.123 e. The maximum absolute atomic E-state index is 13.0. The molecule has 4 rings (SSSR count). The van der Waals surface area contributed by atoms with Gasteiger partial charge in [-0.15, -0.1) is 0 Å². The van der Waals surface area contributed by atoms with Crippen molar-refractivity contribution in [3.63, 3.8) is 0 Å². The zero-order valence-electron chi connectivity index (χ0n) is 14.2. The molecule has 3 aromatic rings. The second kappa shape index (κ2) is 7.64. The van der Waals surface area contributed by atoms with E-state index in [2.05, 4.69) is 40.1 Å². The molecule has 132 valence electrons. The van der Waals surface area contributed by atoms with Crippen molar-refractivity contribution in [3.05, 3.63) is 95.6 Å². The molecule has 1 aromatic heterocycles. The molecule has 26 heavy (non-hydrogen) atoms. The molecule has 1 fully saturated rings. The van der Waals surface area contributed by atoms with Crippen molar-refractivity contribution in [2.45, 2.75) is 18.6 Å². The van der Waals surface area contributed by atoms with Crippen LogP contribution >= 0.6 is 0 Å². The summed E-state index contributed by atoms with van der Waals surface area (Å²) in [6.45, 7) is 1.27. The van der Waals surface area contributed by atoms with E-state index in [9.17, 15) is 4.39 Å². The molecule has 2 N–H and O–H groups in total. The van der Waals surface area contributed by atoms with Crippen molar-refractivity contribution >= 4 is 0 Å². The van der Waals surface area contributed by atoms with Crippen molar-refractivity contribution in [2.24, 2.45) is 0 Å². The predicted octanol–water partition coefficient (Wildman–Crippen LogP) is 3.73. The lowest BCUT2D eigenvalue weighted by Crippen LogP contribution is -2.24. The van der Waals surface area contributed by atoms with Crippen LogP contribution in [-0.2, 0) is 6.61 Å². The van der Waals surface area contributed by atoms with Crippen molar-refractivity contribution in [1.82, 2.24) is 15.8 Å².